The molecule has 0 atom stereocenters. The Bertz CT molecular complexity index is 395. The standard InChI is InChI=1S/C14H19NO2/c1-17-13-5-3-2-4-12(13)14(16)10-6-8-11(15)9-7-10/h2-5,10-11H,6-9,15H2,1H3. The van der Waals surface area contributed by atoms with Crippen molar-refractivity contribution in [3.63, 3.8) is 0 Å². The molecular formula is C14H19NO2. The molecule has 0 heterocycles. The highest BCUT2D eigenvalue weighted by atomic mass is 16.5. The molecule has 3 nitrogen and oxygen atoms in total. The van der Waals surface area contributed by atoms with Crippen LogP contribution in [0.2, 0.25) is 0 Å². The van der Waals surface area contributed by atoms with E-state index in [1.54, 1.807) is 7.11 Å². The van der Waals surface area contributed by atoms with E-state index in [4.69, 9.17) is 10.5 Å². The summed E-state index contributed by atoms with van der Waals surface area (Å²) in [6.07, 6.45) is 3.70. The van der Waals surface area contributed by atoms with Crippen LogP contribution in [0.5, 0.6) is 5.75 Å². The minimum Gasteiger partial charge on any atom is -0.496 e. The summed E-state index contributed by atoms with van der Waals surface area (Å²) in [5, 5.41) is 0. The largest absolute Gasteiger partial charge is 0.496 e. The predicted octanol–water partition coefficient (Wildman–Crippen LogP) is 2.40. The lowest BCUT2D eigenvalue weighted by molar-refractivity contribution is 0.0881. The molecule has 1 aliphatic carbocycles. The third kappa shape index (κ3) is 2.67. The number of carbonyl (C=O) groups is 1. The van der Waals surface area contributed by atoms with E-state index in [0.717, 1.165) is 25.7 Å². The van der Waals surface area contributed by atoms with E-state index in [0.29, 0.717) is 11.3 Å². The second-order valence-electron chi connectivity index (χ2n) is 4.68. The number of carbonyl (C=O) groups excluding carboxylic acids is 1. The zero-order valence-corrected chi connectivity index (χ0v) is 10.2. The van der Waals surface area contributed by atoms with E-state index in [2.05, 4.69) is 0 Å². The Morgan fingerprint density at radius 3 is 2.53 bits per heavy atom. The Labute approximate surface area is 102 Å². The monoisotopic (exact) mass is 233 g/mol. The van der Waals surface area contributed by atoms with Gasteiger partial charge in [-0.15, -0.1) is 0 Å². The van der Waals surface area contributed by atoms with Crippen molar-refractivity contribution in [2.45, 2.75) is 31.7 Å². The molecule has 0 radical (unpaired) electrons. The molecule has 1 aliphatic rings. The van der Waals surface area contributed by atoms with Crippen LogP contribution in [0, 0.1) is 5.92 Å². The first-order valence-corrected chi connectivity index (χ1v) is 6.15. The molecular weight excluding hydrogens is 214 g/mol. The van der Waals surface area contributed by atoms with Crippen molar-refractivity contribution in [1.82, 2.24) is 0 Å². The maximum Gasteiger partial charge on any atom is 0.169 e. The van der Waals surface area contributed by atoms with Gasteiger partial charge in [-0.1, -0.05) is 12.1 Å². The molecule has 3 heteroatoms. The number of ether oxygens (including phenoxy) is 1. The average Bonchev–Trinajstić information content (AvgIpc) is 2.39. The molecule has 0 aliphatic heterocycles. The van der Waals surface area contributed by atoms with Crippen LogP contribution >= 0.6 is 0 Å². The van der Waals surface area contributed by atoms with E-state index in [-0.39, 0.29) is 17.7 Å². The summed E-state index contributed by atoms with van der Waals surface area (Å²) in [5.41, 5.74) is 6.56. The topological polar surface area (TPSA) is 52.3 Å². The minimum atomic E-state index is 0.117. The minimum absolute atomic E-state index is 0.117. The van der Waals surface area contributed by atoms with E-state index in [1.165, 1.54) is 0 Å². The fraction of sp³-hybridized carbons (Fsp3) is 0.500. The average molecular weight is 233 g/mol. The zero-order chi connectivity index (χ0) is 12.3. The van der Waals surface area contributed by atoms with Crippen molar-refractivity contribution < 1.29 is 9.53 Å². The third-order valence-electron chi connectivity index (χ3n) is 3.52. The second kappa shape index (κ2) is 5.32. The lowest BCUT2D eigenvalue weighted by Gasteiger charge is -2.25. The van der Waals surface area contributed by atoms with Crippen LogP contribution in [0.4, 0.5) is 0 Å². The Kier molecular flexibility index (Phi) is 3.79. The molecule has 1 saturated carbocycles. The molecule has 0 bridgehead atoms. The van der Waals surface area contributed by atoms with Crippen molar-refractivity contribution in [3.8, 4) is 5.75 Å². The molecule has 17 heavy (non-hydrogen) atoms. The molecule has 0 spiro atoms. The number of Topliss-reactive ketones (excluding diaryl/α,β-unsaturated/α-hetero) is 1. The summed E-state index contributed by atoms with van der Waals surface area (Å²) in [4.78, 5) is 12.4. The fourth-order valence-electron chi connectivity index (χ4n) is 2.45. The van der Waals surface area contributed by atoms with Gasteiger partial charge < -0.3 is 10.5 Å². The van der Waals surface area contributed by atoms with Crippen molar-refractivity contribution >= 4 is 5.78 Å². The number of hydrogen-bond donors (Lipinski definition) is 1. The van der Waals surface area contributed by atoms with E-state index < -0.39 is 0 Å². The number of para-hydroxylation sites is 1. The summed E-state index contributed by atoms with van der Waals surface area (Å²) < 4.78 is 5.23. The van der Waals surface area contributed by atoms with Gasteiger partial charge in [-0.25, -0.2) is 0 Å². The van der Waals surface area contributed by atoms with Gasteiger partial charge >= 0.3 is 0 Å². The molecule has 0 saturated heterocycles. The molecule has 2 rings (SSSR count). The van der Waals surface area contributed by atoms with Crippen LogP contribution in [0.1, 0.15) is 36.0 Å². The van der Waals surface area contributed by atoms with Gasteiger partial charge in [0, 0.05) is 12.0 Å². The maximum atomic E-state index is 12.4. The fourth-order valence-corrected chi connectivity index (χ4v) is 2.45. The molecule has 0 aromatic heterocycles. The number of nitrogens with two attached hydrogens (primary N) is 1. The Balaban J connectivity index is 2.14. The SMILES string of the molecule is COc1ccccc1C(=O)C1CCC(N)CC1. The maximum absolute atomic E-state index is 12.4. The number of benzene rings is 1. The van der Waals surface area contributed by atoms with Crippen LogP contribution in [-0.2, 0) is 0 Å². The summed E-state index contributed by atoms with van der Waals surface area (Å²) >= 11 is 0. The molecule has 1 aromatic carbocycles. The second-order valence-corrected chi connectivity index (χ2v) is 4.68. The third-order valence-corrected chi connectivity index (χ3v) is 3.52. The summed E-state index contributed by atoms with van der Waals surface area (Å²) in [5.74, 6) is 0.993. The van der Waals surface area contributed by atoms with Gasteiger partial charge in [-0.3, -0.25) is 4.79 Å². The molecule has 1 fully saturated rings. The van der Waals surface area contributed by atoms with Crippen LogP contribution in [0.25, 0.3) is 0 Å². The normalized spacial score (nSPS) is 24.4. The predicted molar refractivity (Wildman–Crippen MR) is 67.3 cm³/mol. The zero-order valence-electron chi connectivity index (χ0n) is 10.2. The highest BCUT2D eigenvalue weighted by Gasteiger charge is 2.26. The first kappa shape index (κ1) is 12.1. The quantitative estimate of drug-likeness (QED) is 0.816. The Morgan fingerprint density at radius 1 is 1.24 bits per heavy atom. The van der Waals surface area contributed by atoms with Crippen molar-refractivity contribution in [1.29, 1.82) is 0 Å². The first-order chi connectivity index (χ1) is 8.22. The lowest BCUT2D eigenvalue weighted by Crippen LogP contribution is -2.30. The van der Waals surface area contributed by atoms with Crippen molar-refractivity contribution in [2.24, 2.45) is 11.7 Å². The highest BCUT2D eigenvalue weighted by Crippen LogP contribution is 2.29. The van der Waals surface area contributed by atoms with Crippen LogP contribution in [0.15, 0.2) is 24.3 Å². The van der Waals surface area contributed by atoms with Crippen LogP contribution in [-0.4, -0.2) is 18.9 Å². The molecule has 0 amide bonds. The summed E-state index contributed by atoms with van der Waals surface area (Å²) in [6, 6.07) is 7.71. The van der Waals surface area contributed by atoms with Gasteiger partial charge in [0.05, 0.1) is 12.7 Å². The van der Waals surface area contributed by atoms with E-state index in [1.807, 2.05) is 24.3 Å². The van der Waals surface area contributed by atoms with Crippen molar-refractivity contribution in [2.75, 3.05) is 7.11 Å². The number of ketones is 1. The van der Waals surface area contributed by atoms with Gasteiger partial charge in [0.15, 0.2) is 5.78 Å². The molecule has 1 aromatic rings. The van der Waals surface area contributed by atoms with E-state index in [9.17, 15) is 4.79 Å². The van der Waals surface area contributed by atoms with Gasteiger partial charge in [-0.05, 0) is 37.8 Å². The van der Waals surface area contributed by atoms with Crippen LogP contribution < -0.4 is 10.5 Å². The Morgan fingerprint density at radius 2 is 1.88 bits per heavy atom. The van der Waals surface area contributed by atoms with Crippen molar-refractivity contribution in [3.05, 3.63) is 29.8 Å². The molecule has 2 N–H and O–H groups in total. The highest BCUT2D eigenvalue weighted by molar-refractivity contribution is 6.00. The molecule has 0 unspecified atom stereocenters. The molecule has 92 valence electrons. The van der Waals surface area contributed by atoms with Gasteiger partial charge in [0.25, 0.3) is 0 Å². The number of hydrogen-bond acceptors (Lipinski definition) is 3. The first-order valence-electron chi connectivity index (χ1n) is 6.15. The number of methoxy groups -OCH3 is 1. The summed E-state index contributed by atoms with van der Waals surface area (Å²) in [7, 11) is 1.60. The van der Waals surface area contributed by atoms with Gasteiger partial charge in [0.2, 0.25) is 0 Å². The summed E-state index contributed by atoms with van der Waals surface area (Å²) in [6.45, 7) is 0. The lowest BCUT2D eigenvalue weighted by atomic mass is 9.82. The van der Waals surface area contributed by atoms with Gasteiger partial charge in [0.1, 0.15) is 5.75 Å². The smallest absolute Gasteiger partial charge is 0.169 e. The van der Waals surface area contributed by atoms with Crippen LogP contribution in [0.3, 0.4) is 0 Å². The Hall–Kier alpha value is -1.35. The van der Waals surface area contributed by atoms with Gasteiger partial charge in [-0.2, -0.15) is 0 Å². The number of rotatable bonds is 3. The van der Waals surface area contributed by atoms with E-state index >= 15 is 0 Å².